The van der Waals surface area contributed by atoms with Crippen LogP contribution in [-0.4, -0.2) is 5.78 Å². The van der Waals surface area contributed by atoms with Gasteiger partial charge in [0, 0.05) is 11.3 Å². The number of hydrogen-bond donors (Lipinski definition) is 1. The van der Waals surface area contributed by atoms with Gasteiger partial charge in [-0.3, -0.25) is 4.79 Å². The highest BCUT2D eigenvalue weighted by Gasteiger charge is 2.23. The maximum atomic E-state index is 11.8. The second-order valence-corrected chi connectivity index (χ2v) is 3.82. The van der Waals surface area contributed by atoms with Crippen molar-refractivity contribution in [2.45, 2.75) is 13.8 Å². The second-order valence-electron chi connectivity index (χ2n) is 3.82. The summed E-state index contributed by atoms with van der Waals surface area (Å²) < 4.78 is 0. The molecule has 0 saturated carbocycles. The van der Waals surface area contributed by atoms with Crippen LogP contribution in [0.1, 0.15) is 24.2 Å². The summed E-state index contributed by atoms with van der Waals surface area (Å²) in [6, 6.07) is 7.59. The number of fused-ring (bicyclic) bond motifs is 1. The van der Waals surface area contributed by atoms with E-state index in [1.165, 1.54) is 0 Å². The summed E-state index contributed by atoms with van der Waals surface area (Å²) >= 11 is 0. The minimum Gasteiger partial charge on any atom is -0.352 e. The van der Waals surface area contributed by atoms with E-state index in [-0.39, 0.29) is 5.78 Å². The fraction of sp³-hybridized carbons (Fsp3) is 0.250. The van der Waals surface area contributed by atoms with Crippen molar-refractivity contribution in [1.29, 1.82) is 0 Å². The van der Waals surface area contributed by atoms with Crippen molar-refractivity contribution in [2.75, 3.05) is 5.32 Å². The maximum absolute atomic E-state index is 11.8. The van der Waals surface area contributed by atoms with Crippen LogP contribution in [0.15, 0.2) is 36.0 Å². The Kier molecular flexibility index (Phi) is 2.12. The van der Waals surface area contributed by atoms with Gasteiger partial charge < -0.3 is 5.32 Å². The average Bonchev–Trinajstić information content (AvgIpc) is 2.44. The molecule has 2 nitrogen and oxygen atoms in total. The third-order valence-corrected chi connectivity index (χ3v) is 2.19. The van der Waals surface area contributed by atoms with Gasteiger partial charge in [-0.2, -0.15) is 0 Å². The van der Waals surface area contributed by atoms with Crippen molar-refractivity contribution >= 4 is 11.5 Å². The molecular formula is C12H13NO. The lowest BCUT2D eigenvalue weighted by atomic mass is 10.1. The predicted molar refractivity (Wildman–Crippen MR) is 57.3 cm³/mol. The highest BCUT2D eigenvalue weighted by Crippen LogP contribution is 2.27. The molecule has 0 bridgehead atoms. The van der Waals surface area contributed by atoms with Crippen molar-refractivity contribution in [3.63, 3.8) is 0 Å². The molecule has 0 fully saturated rings. The van der Waals surface area contributed by atoms with Crippen LogP contribution in [0.2, 0.25) is 0 Å². The number of carbonyl (C=O) groups excluding carboxylic acids is 1. The molecule has 0 saturated heterocycles. The molecule has 0 unspecified atom stereocenters. The topological polar surface area (TPSA) is 29.1 Å². The maximum Gasteiger partial charge on any atom is 0.210 e. The summed E-state index contributed by atoms with van der Waals surface area (Å²) in [5, 5.41) is 3.13. The zero-order valence-electron chi connectivity index (χ0n) is 8.37. The van der Waals surface area contributed by atoms with E-state index in [2.05, 4.69) is 19.2 Å². The van der Waals surface area contributed by atoms with E-state index in [9.17, 15) is 4.79 Å². The van der Waals surface area contributed by atoms with Crippen LogP contribution in [0.5, 0.6) is 0 Å². The minimum atomic E-state index is 0.106. The fourth-order valence-electron chi connectivity index (χ4n) is 1.59. The van der Waals surface area contributed by atoms with E-state index in [1.807, 2.05) is 30.3 Å². The Morgan fingerprint density at radius 3 is 2.64 bits per heavy atom. The third kappa shape index (κ3) is 1.43. The zero-order valence-corrected chi connectivity index (χ0v) is 8.37. The molecule has 0 aliphatic carbocycles. The van der Waals surface area contributed by atoms with Crippen LogP contribution in [0.3, 0.4) is 0 Å². The Labute approximate surface area is 83.6 Å². The van der Waals surface area contributed by atoms with E-state index >= 15 is 0 Å². The van der Waals surface area contributed by atoms with Gasteiger partial charge in [-0.05, 0) is 18.1 Å². The lowest BCUT2D eigenvalue weighted by Crippen LogP contribution is -2.01. The highest BCUT2D eigenvalue weighted by atomic mass is 16.1. The molecule has 1 aromatic carbocycles. The molecule has 0 aromatic heterocycles. The highest BCUT2D eigenvalue weighted by molar-refractivity contribution is 6.18. The summed E-state index contributed by atoms with van der Waals surface area (Å²) in [6.07, 6.45) is 1.96. The van der Waals surface area contributed by atoms with Gasteiger partial charge in [0.15, 0.2) is 0 Å². The normalized spacial score (nSPS) is 17.4. The number of ketones is 1. The SMILES string of the molecule is CC(C)C=C1Nc2ccccc2C1=O. The van der Waals surface area contributed by atoms with Gasteiger partial charge in [0.2, 0.25) is 5.78 Å². The molecule has 1 aromatic rings. The summed E-state index contributed by atoms with van der Waals surface area (Å²) in [6.45, 7) is 4.12. The minimum absolute atomic E-state index is 0.106. The molecule has 14 heavy (non-hydrogen) atoms. The van der Waals surface area contributed by atoms with Crippen LogP contribution in [0.4, 0.5) is 5.69 Å². The van der Waals surface area contributed by atoms with Crippen molar-refractivity contribution in [1.82, 2.24) is 0 Å². The molecule has 1 aliphatic heterocycles. The Morgan fingerprint density at radius 2 is 2.00 bits per heavy atom. The molecule has 1 heterocycles. The average molecular weight is 187 g/mol. The number of hydrogen-bond acceptors (Lipinski definition) is 2. The van der Waals surface area contributed by atoms with Crippen LogP contribution in [0, 0.1) is 5.92 Å². The Bertz CT molecular complexity index is 405. The Morgan fingerprint density at radius 1 is 1.29 bits per heavy atom. The Balaban J connectivity index is 2.39. The molecule has 2 heteroatoms. The lowest BCUT2D eigenvalue weighted by Gasteiger charge is -1.99. The van der Waals surface area contributed by atoms with E-state index in [0.717, 1.165) is 11.3 Å². The van der Waals surface area contributed by atoms with Gasteiger partial charge in [-0.25, -0.2) is 0 Å². The number of allylic oxidation sites excluding steroid dienone is 2. The fourth-order valence-corrected chi connectivity index (χ4v) is 1.59. The first-order valence-electron chi connectivity index (χ1n) is 4.81. The third-order valence-electron chi connectivity index (χ3n) is 2.19. The van der Waals surface area contributed by atoms with Gasteiger partial charge in [-0.15, -0.1) is 0 Å². The summed E-state index contributed by atoms with van der Waals surface area (Å²) in [4.78, 5) is 11.8. The number of nitrogens with one attached hydrogen (secondary N) is 1. The number of para-hydroxylation sites is 1. The predicted octanol–water partition coefficient (Wildman–Crippen LogP) is 2.83. The van der Waals surface area contributed by atoms with Gasteiger partial charge in [0.1, 0.15) is 0 Å². The van der Waals surface area contributed by atoms with Crippen LogP contribution in [0.25, 0.3) is 0 Å². The van der Waals surface area contributed by atoms with Crippen molar-refractivity contribution in [2.24, 2.45) is 5.92 Å². The van der Waals surface area contributed by atoms with Crippen molar-refractivity contribution < 1.29 is 4.79 Å². The molecule has 1 N–H and O–H groups in total. The molecule has 2 rings (SSSR count). The molecule has 0 spiro atoms. The first-order chi connectivity index (χ1) is 6.68. The summed E-state index contributed by atoms with van der Waals surface area (Å²) in [5.41, 5.74) is 2.41. The largest absolute Gasteiger partial charge is 0.352 e. The van der Waals surface area contributed by atoms with Crippen molar-refractivity contribution in [3.05, 3.63) is 41.6 Å². The van der Waals surface area contributed by atoms with Crippen LogP contribution < -0.4 is 5.32 Å². The molecule has 72 valence electrons. The lowest BCUT2D eigenvalue weighted by molar-refractivity contribution is 0.104. The van der Waals surface area contributed by atoms with Gasteiger partial charge in [0.05, 0.1) is 5.70 Å². The molecular weight excluding hydrogens is 174 g/mol. The monoisotopic (exact) mass is 187 g/mol. The van der Waals surface area contributed by atoms with E-state index in [1.54, 1.807) is 0 Å². The van der Waals surface area contributed by atoms with E-state index < -0.39 is 0 Å². The molecule has 1 aliphatic rings. The Hall–Kier alpha value is -1.57. The van der Waals surface area contributed by atoms with Gasteiger partial charge in [0.25, 0.3) is 0 Å². The molecule has 0 amide bonds. The first kappa shape index (κ1) is 9.00. The van der Waals surface area contributed by atoms with Crippen LogP contribution >= 0.6 is 0 Å². The second kappa shape index (κ2) is 3.29. The molecule has 0 radical (unpaired) electrons. The van der Waals surface area contributed by atoms with Crippen molar-refractivity contribution in [3.8, 4) is 0 Å². The van der Waals surface area contributed by atoms with E-state index in [4.69, 9.17) is 0 Å². The number of rotatable bonds is 1. The summed E-state index contributed by atoms with van der Waals surface area (Å²) in [7, 11) is 0. The number of carbonyl (C=O) groups is 1. The standard InChI is InChI=1S/C12H13NO/c1-8(2)7-11-12(14)9-5-3-4-6-10(9)13-11/h3-8,13H,1-2H3. The van der Waals surface area contributed by atoms with E-state index in [0.29, 0.717) is 11.6 Å². The number of Topliss-reactive ketones (excluding diaryl/α,β-unsaturated/α-hetero) is 1. The van der Waals surface area contributed by atoms with Gasteiger partial charge >= 0.3 is 0 Å². The number of anilines is 1. The summed E-state index contributed by atoms with van der Waals surface area (Å²) in [5.74, 6) is 0.491. The van der Waals surface area contributed by atoms with Gasteiger partial charge in [-0.1, -0.05) is 32.1 Å². The quantitative estimate of drug-likeness (QED) is 0.685. The smallest absolute Gasteiger partial charge is 0.210 e. The van der Waals surface area contributed by atoms with Crippen LogP contribution in [-0.2, 0) is 0 Å². The number of benzene rings is 1. The first-order valence-corrected chi connectivity index (χ1v) is 4.81. The zero-order chi connectivity index (χ0) is 10.1. The molecule has 0 atom stereocenters.